The lowest BCUT2D eigenvalue weighted by atomic mass is 9.56. The van der Waals surface area contributed by atoms with Crippen molar-refractivity contribution < 1.29 is 4.43 Å². The number of rotatable bonds is 6. The molecule has 0 aromatic carbocycles. The SMILES string of the molecule is C=C(C)CC/C=C(/C)[C@@]1(C)CC[C@H]2[C@@H](O[Si](C)(C)C(C)(C)C)CCC[C@@]21C. The maximum absolute atomic E-state index is 7.02. The van der Waals surface area contributed by atoms with Gasteiger partial charge in [0.25, 0.3) is 0 Å². The third kappa shape index (κ3) is 4.32. The lowest BCUT2D eigenvalue weighted by Gasteiger charge is -2.52. The molecule has 2 fully saturated rings. The average Bonchev–Trinajstić information content (AvgIpc) is 2.79. The van der Waals surface area contributed by atoms with Crippen LogP contribution in [0, 0.1) is 16.7 Å². The van der Waals surface area contributed by atoms with Gasteiger partial charge in [-0.15, -0.1) is 6.58 Å². The molecule has 2 saturated carbocycles. The average molecular weight is 391 g/mol. The zero-order valence-electron chi connectivity index (χ0n) is 19.8. The summed E-state index contributed by atoms with van der Waals surface area (Å²) < 4.78 is 7.02. The van der Waals surface area contributed by atoms with Crippen molar-refractivity contribution in [1.29, 1.82) is 0 Å². The molecule has 0 radical (unpaired) electrons. The summed E-state index contributed by atoms with van der Waals surface area (Å²) in [6.07, 6.45) is 11.8. The Labute approximate surface area is 171 Å². The maximum atomic E-state index is 7.02. The monoisotopic (exact) mass is 390 g/mol. The quantitative estimate of drug-likeness (QED) is 0.327. The van der Waals surface area contributed by atoms with E-state index in [2.05, 4.69) is 74.2 Å². The fraction of sp³-hybridized carbons (Fsp3) is 0.840. The van der Waals surface area contributed by atoms with Crippen LogP contribution in [0.15, 0.2) is 23.8 Å². The molecule has 156 valence electrons. The van der Waals surface area contributed by atoms with Crippen LogP contribution >= 0.6 is 0 Å². The van der Waals surface area contributed by atoms with E-state index in [1.165, 1.54) is 37.7 Å². The summed E-state index contributed by atoms with van der Waals surface area (Å²) in [4.78, 5) is 0. The lowest BCUT2D eigenvalue weighted by molar-refractivity contribution is -0.0292. The predicted octanol–water partition coefficient (Wildman–Crippen LogP) is 8.29. The zero-order valence-corrected chi connectivity index (χ0v) is 20.8. The number of hydrogen-bond acceptors (Lipinski definition) is 1. The highest BCUT2D eigenvalue weighted by Crippen LogP contribution is 2.65. The molecule has 1 nitrogen and oxygen atoms in total. The largest absolute Gasteiger partial charge is 0.414 e. The minimum atomic E-state index is -1.72. The smallest absolute Gasteiger partial charge is 0.192 e. The predicted molar refractivity (Wildman–Crippen MR) is 123 cm³/mol. The van der Waals surface area contributed by atoms with Crippen molar-refractivity contribution in [3.05, 3.63) is 23.8 Å². The Morgan fingerprint density at radius 3 is 2.33 bits per heavy atom. The molecule has 2 rings (SSSR count). The van der Waals surface area contributed by atoms with E-state index in [1.807, 2.05) is 0 Å². The first-order valence-corrected chi connectivity index (χ1v) is 14.1. The molecule has 0 bridgehead atoms. The van der Waals surface area contributed by atoms with Crippen LogP contribution in [-0.2, 0) is 4.43 Å². The molecule has 2 heteroatoms. The molecule has 0 amide bonds. The highest BCUT2D eigenvalue weighted by atomic mass is 28.4. The van der Waals surface area contributed by atoms with E-state index < -0.39 is 8.32 Å². The fourth-order valence-electron chi connectivity index (χ4n) is 5.49. The van der Waals surface area contributed by atoms with Crippen molar-refractivity contribution in [3.63, 3.8) is 0 Å². The summed E-state index contributed by atoms with van der Waals surface area (Å²) in [7, 11) is -1.72. The summed E-state index contributed by atoms with van der Waals surface area (Å²) >= 11 is 0. The topological polar surface area (TPSA) is 9.23 Å². The van der Waals surface area contributed by atoms with E-state index >= 15 is 0 Å². The summed E-state index contributed by atoms with van der Waals surface area (Å²) in [6, 6.07) is 0. The first kappa shape index (κ1) is 22.9. The standard InChI is InChI=1S/C25H46OSi/c1-19(2)13-11-14-20(3)24(7)18-16-21-22(15-12-17-25(21,24)8)26-27(9,10)23(4,5)6/h14,21-22H,1,11-13,15-18H2,2-10H3/b20-14-/t21-,22-,24+,25-/m0/s1. The molecule has 27 heavy (non-hydrogen) atoms. The van der Waals surface area contributed by atoms with Gasteiger partial charge in [-0.1, -0.05) is 58.3 Å². The van der Waals surface area contributed by atoms with Crippen LogP contribution in [0.4, 0.5) is 0 Å². The van der Waals surface area contributed by atoms with Gasteiger partial charge in [0.2, 0.25) is 0 Å². The lowest BCUT2D eigenvalue weighted by Crippen LogP contribution is -2.51. The minimum absolute atomic E-state index is 0.293. The second-order valence-corrected chi connectivity index (χ2v) is 16.3. The van der Waals surface area contributed by atoms with Crippen molar-refractivity contribution in [3.8, 4) is 0 Å². The first-order valence-electron chi connectivity index (χ1n) is 11.2. The fourth-order valence-corrected chi connectivity index (χ4v) is 6.88. The molecule has 0 aromatic rings. The van der Waals surface area contributed by atoms with Gasteiger partial charge in [0.05, 0.1) is 0 Å². The molecule has 0 saturated heterocycles. The minimum Gasteiger partial charge on any atom is -0.414 e. The van der Waals surface area contributed by atoms with Crippen molar-refractivity contribution in [2.45, 2.75) is 118 Å². The molecule has 2 aliphatic rings. The van der Waals surface area contributed by atoms with Crippen molar-refractivity contribution in [2.24, 2.45) is 16.7 Å². The number of allylic oxidation sites excluding steroid dienone is 3. The molecule has 0 spiro atoms. The summed E-state index contributed by atoms with van der Waals surface area (Å²) in [5.41, 5.74) is 3.60. The van der Waals surface area contributed by atoms with Crippen LogP contribution in [-0.4, -0.2) is 14.4 Å². The Balaban J connectivity index is 2.23. The summed E-state index contributed by atoms with van der Waals surface area (Å²) in [5.74, 6) is 0.717. The van der Waals surface area contributed by atoms with Gasteiger partial charge in [0.15, 0.2) is 8.32 Å². The van der Waals surface area contributed by atoms with Crippen molar-refractivity contribution >= 4 is 8.32 Å². The summed E-state index contributed by atoms with van der Waals surface area (Å²) in [6.45, 7) is 25.7. The molecular weight excluding hydrogens is 344 g/mol. The highest BCUT2D eigenvalue weighted by Gasteiger charge is 2.59. The van der Waals surface area contributed by atoms with Gasteiger partial charge in [0, 0.05) is 6.10 Å². The normalized spacial score (nSPS) is 35.2. The van der Waals surface area contributed by atoms with E-state index in [0.29, 0.717) is 22.0 Å². The Hall–Kier alpha value is -0.343. The van der Waals surface area contributed by atoms with E-state index in [9.17, 15) is 0 Å². The summed E-state index contributed by atoms with van der Waals surface area (Å²) in [5, 5.41) is 0.293. The van der Waals surface area contributed by atoms with E-state index in [4.69, 9.17) is 4.43 Å². The third-order valence-corrected chi connectivity index (χ3v) is 13.3. The molecule has 0 N–H and O–H groups in total. The number of fused-ring (bicyclic) bond motifs is 1. The van der Waals surface area contributed by atoms with E-state index in [1.54, 1.807) is 5.57 Å². The van der Waals surface area contributed by atoms with Gasteiger partial charge in [-0.25, -0.2) is 0 Å². The van der Waals surface area contributed by atoms with Crippen LogP contribution in [0.2, 0.25) is 18.1 Å². The molecule has 2 aliphatic carbocycles. The first-order chi connectivity index (χ1) is 12.2. The van der Waals surface area contributed by atoms with E-state index in [0.717, 1.165) is 18.8 Å². The molecule has 0 aromatic heterocycles. The van der Waals surface area contributed by atoms with Crippen LogP contribution in [0.25, 0.3) is 0 Å². The van der Waals surface area contributed by atoms with Crippen LogP contribution in [0.5, 0.6) is 0 Å². The molecule has 0 unspecified atom stereocenters. The van der Waals surface area contributed by atoms with Gasteiger partial charge >= 0.3 is 0 Å². The Morgan fingerprint density at radius 2 is 1.78 bits per heavy atom. The van der Waals surface area contributed by atoms with Gasteiger partial charge in [-0.2, -0.15) is 0 Å². The number of hydrogen-bond donors (Lipinski definition) is 0. The van der Waals surface area contributed by atoms with Crippen LogP contribution in [0.3, 0.4) is 0 Å². The highest BCUT2D eigenvalue weighted by molar-refractivity contribution is 6.74. The van der Waals surface area contributed by atoms with Gasteiger partial charge in [-0.3, -0.25) is 0 Å². The zero-order chi connectivity index (χ0) is 20.7. The van der Waals surface area contributed by atoms with Crippen LogP contribution in [0.1, 0.15) is 93.4 Å². The Morgan fingerprint density at radius 1 is 1.15 bits per heavy atom. The molecule has 4 atom stereocenters. The Bertz CT molecular complexity index is 582. The van der Waals surface area contributed by atoms with Crippen molar-refractivity contribution in [2.75, 3.05) is 0 Å². The van der Waals surface area contributed by atoms with Crippen molar-refractivity contribution in [1.82, 2.24) is 0 Å². The van der Waals surface area contributed by atoms with E-state index in [-0.39, 0.29) is 0 Å². The third-order valence-electron chi connectivity index (χ3n) is 8.81. The molecule has 0 aliphatic heterocycles. The molecular formula is C25H46OSi. The van der Waals surface area contributed by atoms with Gasteiger partial charge in [0.1, 0.15) is 0 Å². The second-order valence-electron chi connectivity index (χ2n) is 11.6. The molecule has 0 heterocycles. The maximum Gasteiger partial charge on any atom is 0.192 e. The van der Waals surface area contributed by atoms with Crippen LogP contribution < -0.4 is 0 Å². The Kier molecular flexibility index (Phi) is 6.65. The van der Waals surface area contributed by atoms with Gasteiger partial charge < -0.3 is 4.43 Å². The second kappa shape index (κ2) is 7.82. The van der Waals surface area contributed by atoms with Gasteiger partial charge in [-0.05, 0) is 87.3 Å².